The zero-order valence-electron chi connectivity index (χ0n) is 15.8. The summed E-state index contributed by atoms with van der Waals surface area (Å²) >= 11 is 0. The first kappa shape index (κ1) is 18.5. The second-order valence-corrected chi connectivity index (χ2v) is 6.83. The van der Waals surface area contributed by atoms with E-state index < -0.39 is 0 Å². The first-order valence-electron chi connectivity index (χ1n) is 9.20. The quantitative estimate of drug-likeness (QED) is 0.649. The van der Waals surface area contributed by atoms with Gasteiger partial charge >= 0.3 is 0 Å². The smallest absolute Gasteiger partial charge is 0.261 e. The number of imide groups is 1. The van der Waals surface area contributed by atoms with E-state index in [0.29, 0.717) is 23.5 Å². The summed E-state index contributed by atoms with van der Waals surface area (Å²) in [5, 5.41) is 2.81. The maximum absolute atomic E-state index is 12.5. The van der Waals surface area contributed by atoms with Gasteiger partial charge in [0.05, 0.1) is 11.1 Å². The van der Waals surface area contributed by atoms with Crippen molar-refractivity contribution in [2.75, 3.05) is 6.54 Å². The molecule has 2 aromatic heterocycles. The maximum atomic E-state index is 12.5. The summed E-state index contributed by atoms with van der Waals surface area (Å²) in [6.45, 7) is 2.24. The molecule has 29 heavy (non-hydrogen) atoms. The van der Waals surface area contributed by atoms with Crippen molar-refractivity contribution >= 4 is 17.7 Å². The monoisotopic (exact) mass is 389 g/mol. The van der Waals surface area contributed by atoms with Gasteiger partial charge in [-0.3, -0.25) is 23.9 Å². The minimum atomic E-state index is -0.350. The Bertz CT molecular complexity index is 1090. The van der Waals surface area contributed by atoms with Crippen molar-refractivity contribution in [1.82, 2.24) is 24.8 Å². The largest absolute Gasteiger partial charge is 0.352 e. The van der Waals surface area contributed by atoms with Crippen molar-refractivity contribution in [3.05, 3.63) is 77.5 Å². The van der Waals surface area contributed by atoms with E-state index in [2.05, 4.69) is 15.3 Å². The average Bonchev–Trinajstić information content (AvgIpc) is 3.34. The highest BCUT2D eigenvalue weighted by Crippen LogP contribution is 2.23. The number of aryl methyl sites for hydroxylation is 1. The van der Waals surface area contributed by atoms with Gasteiger partial charge in [-0.05, 0) is 36.8 Å². The summed E-state index contributed by atoms with van der Waals surface area (Å²) < 4.78 is 1.77. The zero-order valence-corrected chi connectivity index (χ0v) is 15.8. The molecule has 1 aromatic carbocycles. The Morgan fingerprint density at radius 3 is 2.69 bits per heavy atom. The number of rotatable bonds is 6. The van der Waals surface area contributed by atoms with Gasteiger partial charge in [0.15, 0.2) is 0 Å². The number of carbonyl (C=O) groups excluding carboxylic acids is 3. The summed E-state index contributed by atoms with van der Waals surface area (Å²) in [5.74, 6) is -0.230. The molecule has 0 radical (unpaired) electrons. The zero-order chi connectivity index (χ0) is 20.4. The first-order valence-corrected chi connectivity index (χ1v) is 9.20. The van der Waals surface area contributed by atoms with Crippen molar-refractivity contribution in [1.29, 1.82) is 0 Å². The Hall–Kier alpha value is -3.81. The molecule has 0 fully saturated rings. The van der Waals surface area contributed by atoms with Crippen molar-refractivity contribution in [2.45, 2.75) is 19.9 Å². The van der Waals surface area contributed by atoms with Crippen LogP contribution in [0.2, 0.25) is 0 Å². The van der Waals surface area contributed by atoms with E-state index >= 15 is 0 Å². The second-order valence-electron chi connectivity index (χ2n) is 6.83. The van der Waals surface area contributed by atoms with Crippen LogP contribution in [0.5, 0.6) is 0 Å². The molecule has 0 saturated heterocycles. The first-order chi connectivity index (χ1) is 14.0. The third kappa shape index (κ3) is 3.77. The van der Waals surface area contributed by atoms with Crippen LogP contribution in [0.25, 0.3) is 5.82 Å². The molecule has 1 N–H and O–H groups in total. The summed E-state index contributed by atoms with van der Waals surface area (Å²) in [7, 11) is 0. The molecule has 0 unspecified atom stereocenters. The molecule has 1 aliphatic rings. The van der Waals surface area contributed by atoms with Gasteiger partial charge in [0.1, 0.15) is 12.1 Å². The van der Waals surface area contributed by atoms with Gasteiger partial charge in [0.2, 0.25) is 5.91 Å². The molecule has 3 heterocycles. The van der Waals surface area contributed by atoms with Gasteiger partial charge in [-0.25, -0.2) is 9.97 Å². The summed E-state index contributed by atoms with van der Waals surface area (Å²) in [4.78, 5) is 46.5. The molecular weight excluding hydrogens is 370 g/mol. The molecule has 0 spiro atoms. The average molecular weight is 389 g/mol. The number of imidazole rings is 1. The number of fused-ring (bicyclic) bond motifs is 1. The van der Waals surface area contributed by atoms with Crippen LogP contribution in [-0.4, -0.2) is 43.7 Å². The second kappa shape index (κ2) is 7.67. The van der Waals surface area contributed by atoms with Gasteiger partial charge in [-0.1, -0.05) is 11.6 Å². The fourth-order valence-corrected chi connectivity index (χ4v) is 3.22. The number of aromatic nitrogens is 3. The topological polar surface area (TPSA) is 97.2 Å². The van der Waals surface area contributed by atoms with Crippen LogP contribution in [0.4, 0.5) is 0 Å². The number of benzene rings is 1. The third-order valence-corrected chi connectivity index (χ3v) is 4.76. The molecule has 8 heteroatoms. The lowest BCUT2D eigenvalue weighted by Crippen LogP contribution is -2.34. The standard InChI is InChI=1S/C21H19N5O3/c1-14-2-3-16-17(10-14)21(29)26(20(16)28)8-5-19(27)24-12-15-4-6-23-18(11-15)25-9-7-22-13-25/h2-4,6-7,9-11,13H,5,8,12H2,1H3,(H,24,27). The van der Waals surface area contributed by atoms with Gasteiger partial charge in [-0.2, -0.15) is 0 Å². The van der Waals surface area contributed by atoms with Gasteiger partial charge in [0, 0.05) is 38.1 Å². The molecule has 4 rings (SSSR count). The lowest BCUT2D eigenvalue weighted by Gasteiger charge is -2.13. The van der Waals surface area contributed by atoms with E-state index in [-0.39, 0.29) is 30.7 Å². The lowest BCUT2D eigenvalue weighted by atomic mass is 10.1. The Kier molecular flexibility index (Phi) is 4.90. The van der Waals surface area contributed by atoms with E-state index in [1.807, 2.05) is 19.1 Å². The van der Waals surface area contributed by atoms with Crippen LogP contribution >= 0.6 is 0 Å². The van der Waals surface area contributed by atoms with Gasteiger partial charge in [0.25, 0.3) is 11.8 Å². The Morgan fingerprint density at radius 2 is 1.90 bits per heavy atom. The van der Waals surface area contributed by atoms with Crippen molar-refractivity contribution in [3.8, 4) is 5.82 Å². The Morgan fingerprint density at radius 1 is 1.07 bits per heavy atom. The molecule has 8 nitrogen and oxygen atoms in total. The molecule has 0 atom stereocenters. The van der Waals surface area contributed by atoms with E-state index in [1.54, 1.807) is 47.7 Å². The molecule has 0 aliphatic carbocycles. The lowest BCUT2D eigenvalue weighted by molar-refractivity contribution is -0.121. The van der Waals surface area contributed by atoms with E-state index in [0.717, 1.165) is 16.0 Å². The third-order valence-electron chi connectivity index (χ3n) is 4.76. The van der Waals surface area contributed by atoms with Gasteiger partial charge < -0.3 is 5.32 Å². The number of nitrogens with one attached hydrogen (secondary N) is 1. The fourth-order valence-electron chi connectivity index (χ4n) is 3.22. The van der Waals surface area contributed by atoms with Crippen LogP contribution in [0, 0.1) is 6.92 Å². The molecular formula is C21H19N5O3. The number of hydrogen-bond donors (Lipinski definition) is 1. The molecule has 3 amide bonds. The van der Waals surface area contributed by atoms with Crippen LogP contribution in [0.15, 0.2) is 55.2 Å². The van der Waals surface area contributed by atoms with E-state index in [4.69, 9.17) is 0 Å². The summed E-state index contributed by atoms with van der Waals surface area (Å²) in [6, 6.07) is 8.83. The van der Waals surface area contributed by atoms with E-state index in [9.17, 15) is 14.4 Å². The predicted octanol–water partition coefficient (Wildman–Crippen LogP) is 1.88. The van der Waals surface area contributed by atoms with Gasteiger partial charge in [-0.15, -0.1) is 0 Å². The Balaban J connectivity index is 1.33. The highest BCUT2D eigenvalue weighted by Gasteiger charge is 2.35. The van der Waals surface area contributed by atoms with Crippen molar-refractivity contribution < 1.29 is 14.4 Å². The minimum Gasteiger partial charge on any atom is -0.352 e. The van der Waals surface area contributed by atoms with Crippen molar-refractivity contribution in [3.63, 3.8) is 0 Å². The molecule has 146 valence electrons. The number of hydrogen-bond acceptors (Lipinski definition) is 5. The summed E-state index contributed by atoms with van der Waals surface area (Å²) in [5.41, 5.74) is 2.59. The van der Waals surface area contributed by atoms with Crippen LogP contribution < -0.4 is 5.32 Å². The highest BCUT2D eigenvalue weighted by molar-refractivity contribution is 6.21. The molecule has 1 aliphatic heterocycles. The highest BCUT2D eigenvalue weighted by atomic mass is 16.2. The Labute approximate surface area is 167 Å². The minimum absolute atomic E-state index is 0.0455. The maximum Gasteiger partial charge on any atom is 0.261 e. The number of pyridine rings is 1. The molecule has 3 aromatic rings. The number of carbonyl (C=O) groups is 3. The van der Waals surface area contributed by atoms with Crippen LogP contribution in [0.3, 0.4) is 0 Å². The molecule has 0 bridgehead atoms. The SMILES string of the molecule is Cc1ccc2c(c1)C(=O)N(CCC(=O)NCc1ccnc(-n3ccnc3)c1)C2=O. The number of nitrogens with zero attached hydrogens (tertiary/aromatic N) is 4. The van der Waals surface area contributed by atoms with Crippen LogP contribution in [-0.2, 0) is 11.3 Å². The van der Waals surface area contributed by atoms with Crippen molar-refractivity contribution in [2.24, 2.45) is 0 Å². The fraction of sp³-hybridized carbons (Fsp3) is 0.190. The predicted molar refractivity (Wildman–Crippen MR) is 104 cm³/mol. The molecule has 0 saturated carbocycles. The normalized spacial score (nSPS) is 12.9. The number of amides is 3. The van der Waals surface area contributed by atoms with Crippen LogP contribution in [0.1, 0.15) is 38.3 Å². The van der Waals surface area contributed by atoms with E-state index in [1.165, 1.54) is 0 Å². The summed E-state index contributed by atoms with van der Waals surface area (Å²) in [6.07, 6.45) is 6.81.